The van der Waals surface area contributed by atoms with Gasteiger partial charge >= 0.3 is 5.97 Å². The van der Waals surface area contributed by atoms with E-state index < -0.39 is 12.0 Å². The van der Waals surface area contributed by atoms with Gasteiger partial charge in [-0.1, -0.05) is 54.6 Å². The number of aliphatic carboxylic acids is 1. The molecule has 1 amide bonds. The van der Waals surface area contributed by atoms with Crippen LogP contribution in [0.2, 0.25) is 0 Å². The molecule has 2 aromatic rings. The summed E-state index contributed by atoms with van der Waals surface area (Å²) in [5.41, 5.74) is 3.15. The summed E-state index contributed by atoms with van der Waals surface area (Å²) in [7, 11) is 1.60. The predicted molar refractivity (Wildman–Crippen MR) is 91.8 cm³/mol. The van der Waals surface area contributed by atoms with Crippen molar-refractivity contribution in [3.63, 3.8) is 0 Å². The molecule has 0 radical (unpaired) electrons. The van der Waals surface area contributed by atoms with Crippen molar-refractivity contribution in [1.82, 2.24) is 4.90 Å². The zero-order chi connectivity index (χ0) is 17.1. The smallest absolute Gasteiger partial charge is 0.326 e. The maximum Gasteiger partial charge on any atom is 0.326 e. The van der Waals surface area contributed by atoms with E-state index >= 15 is 0 Å². The molecule has 0 fully saturated rings. The Morgan fingerprint density at radius 2 is 1.79 bits per heavy atom. The van der Waals surface area contributed by atoms with E-state index in [1.807, 2.05) is 54.6 Å². The first-order valence-electron chi connectivity index (χ1n) is 8.19. The monoisotopic (exact) mass is 323 g/mol. The molecule has 4 heteroatoms. The molecule has 1 N–H and O–H groups in total. The Morgan fingerprint density at radius 3 is 2.50 bits per heavy atom. The summed E-state index contributed by atoms with van der Waals surface area (Å²) in [6, 6.07) is 16.5. The van der Waals surface area contributed by atoms with Gasteiger partial charge in [0.2, 0.25) is 5.91 Å². The van der Waals surface area contributed by atoms with Gasteiger partial charge in [-0.2, -0.15) is 0 Å². The number of carboxylic acids is 1. The summed E-state index contributed by atoms with van der Waals surface area (Å²) in [6.45, 7) is 0. The van der Waals surface area contributed by atoms with Crippen LogP contribution >= 0.6 is 0 Å². The van der Waals surface area contributed by atoms with Gasteiger partial charge in [0.15, 0.2) is 0 Å². The summed E-state index contributed by atoms with van der Waals surface area (Å²) in [4.78, 5) is 26.0. The average molecular weight is 323 g/mol. The molecule has 0 saturated carbocycles. The summed E-state index contributed by atoms with van der Waals surface area (Å²) in [6.07, 6.45) is 1.93. The van der Waals surface area contributed by atoms with Crippen LogP contribution in [-0.2, 0) is 22.4 Å². The van der Waals surface area contributed by atoms with Crippen LogP contribution in [0.4, 0.5) is 0 Å². The molecule has 1 aliphatic rings. The Hall–Kier alpha value is -2.62. The molecular weight excluding hydrogens is 302 g/mol. The lowest BCUT2D eigenvalue weighted by Gasteiger charge is -2.28. The van der Waals surface area contributed by atoms with E-state index in [2.05, 4.69) is 0 Å². The average Bonchev–Trinajstić information content (AvgIpc) is 3.03. The zero-order valence-electron chi connectivity index (χ0n) is 13.7. The van der Waals surface area contributed by atoms with E-state index in [-0.39, 0.29) is 11.8 Å². The number of carboxylic acid groups (broad SMARTS) is 1. The quantitative estimate of drug-likeness (QED) is 0.920. The summed E-state index contributed by atoms with van der Waals surface area (Å²) < 4.78 is 0. The Kier molecular flexibility index (Phi) is 4.65. The first kappa shape index (κ1) is 16.2. The van der Waals surface area contributed by atoms with E-state index in [1.165, 1.54) is 10.5 Å². The van der Waals surface area contributed by atoms with Gasteiger partial charge in [-0.05, 0) is 29.5 Å². The van der Waals surface area contributed by atoms with Gasteiger partial charge in [0.05, 0.1) is 5.92 Å². The molecule has 0 heterocycles. The van der Waals surface area contributed by atoms with E-state index in [9.17, 15) is 14.7 Å². The van der Waals surface area contributed by atoms with E-state index in [1.54, 1.807) is 7.05 Å². The van der Waals surface area contributed by atoms with Crippen molar-refractivity contribution in [3.05, 3.63) is 71.3 Å². The van der Waals surface area contributed by atoms with E-state index in [4.69, 9.17) is 0 Å². The summed E-state index contributed by atoms with van der Waals surface area (Å²) in [5.74, 6) is -1.31. The van der Waals surface area contributed by atoms with E-state index in [0.717, 1.165) is 24.0 Å². The second kappa shape index (κ2) is 6.87. The summed E-state index contributed by atoms with van der Waals surface area (Å²) >= 11 is 0. The molecule has 2 unspecified atom stereocenters. The highest BCUT2D eigenvalue weighted by Crippen LogP contribution is 2.34. The molecule has 0 aromatic heterocycles. The highest BCUT2D eigenvalue weighted by Gasteiger charge is 2.35. The Bertz CT molecular complexity index is 742. The minimum atomic E-state index is -0.971. The number of benzene rings is 2. The largest absolute Gasteiger partial charge is 0.480 e. The first-order valence-corrected chi connectivity index (χ1v) is 8.19. The normalized spacial score (nSPS) is 17.1. The minimum absolute atomic E-state index is 0.108. The van der Waals surface area contributed by atoms with Crippen molar-refractivity contribution in [1.29, 1.82) is 0 Å². The standard InChI is InChI=1S/C20H21NO3/c1-21(18(20(23)24)13-14-7-3-2-4-8-14)19(22)17-12-11-15-9-5-6-10-16(15)17/h2-10,17-18H,11-13H2,1H3,(H,23,24). The molecule has 1 aliphatic carbocycles. The lowest BCUT2D eigenvalue weighted by Crippen LogP contribution is -2.45. The highest BCUT2D eigenvalue weighted by molar-refractivity contribution is 5.89. The van der Waals surface area contributed by atoms with Crippen molar-refractivity contribution in [2.24, 2.45) is 0 Å². The third kappa shape index (κ3) is 3.18. The van der Waals surface area contributed by atoms with E-state index in [0.29, 0.717) is 6.42 Å². The van der Waals surface area contributed by atoms with Crippen molar-refractivity contribution in [3.8, 4) is 0 Å². The van der Waals surface area contributed by atoms with Crippen LogP contribution in [-0.4, -0.2) is 35.0 Å². The van der Waals surface area contributed by atoms with Crippen molar-refractivity contribution in [2.45, 2.75) is 31.2 Å². The van der Waals surface area contributed by atoms with Crippen LogP contribution in [0.5, 0.6) is 0 Å². The number of carbonyl (C=O) groups is 2. The van der Waals surface area contributed by atoms with Crippen LogP contribution in [0.1, 0.15) is 29.0 Å². The molecule has 0 saturated heterocycles. The third-order valence-corrected chi connectivity index (χ3v) is 4.80. The number of nitrogens with zero attached hydrogens (tertiary/aromatic N) is 1. The molecule has 24 heavy (non-hydrogen) atoms. The molecular formula is C20H21NO3. The minimum Gasteiger partial charge on any atom is -0.480 e. The Balaban J connectivity index is 1.79. The van der Waals surface area contributed by atoms with Crippen LogP contribution in [0.3, 0.4) is 0 Å². The number of hydrogen-bond donors (Lipinski definition) is 1. The Morgan fingerprint density at radius 1 is 1.12 bits per heavy atom. The number of fused-ring (bicyclic) bond motifs is 1. The molecule has 2 atom stereocenters. The number of hydrogen-bond acceptors (Lipinski definition) is 2. The van der Waals surface area contributed by atoms with Gasteiger partial charge in [-0.15, -0.1) is 0 Å². The zero-order valence-corrected chi connectivity index (χ0v) is 13.7. The third-order valence-electron chi connectivity index (χ3n) is 4.80. The summed E-state index contributed by atoms with van der Waals surface area (Å²) in [5, 5.41) is 9.60. The molecule has 0 bridgehead atoms. The van der Waals surface area contributed by atoms with Gasteiger partial charge in [0.1, 0.15) is 6.04 Å². The predicted octanol–water partition coefficient (Wildman–Crippen LogP) is 2.87. The van der Waals surface area contributed by atoms with Crippen LogP contribution in [0.25, 0.3) is 0 Å². The van der Waals surface area contributed by atoms with Crippen LogP contribution in [0.15, 0.2) is 54.6 Å². The molecule has 3 rings (SSSR count). The molecule has 2 aromatic carbocycles. The Labute approximate surface area is 141 Å². The fourth-order valence-electron chi connectivity index (χ4n) is 3.44. The lowest BCUT2D eigenvalue weighted by molar-refractivity contribution is -0.149. The number of carbonyl (C=O) groups excluding carboxylic acids is 1. The lowest BCUT2D eigenvalue weighted by atomic mass is 9.98. The SMILES string of the molecule is CN(C(=O)C1CCc2ccccc21)C(Cc1ccccc1)C(=O)O. The van der Waals surface area contributed by atoms with Gasteiger partial charge in [-0.3, -0.25) is 4.79 Å². The molecule has 0 aliphatic heterocycles. The van der Waals surface area contributed by atoms with Gasteiger partial charge in [0, 0.05) is 13.5 Å². The number of amides is 1. The topological polar surface area (TPSA) is 57.6 Å². The van der Waals surface area contributed by atoms with Crippen molar-refractivity contribution >= 4 is 11.9 Å². The number of rotatable bonds is 5. The van der Waals surface area contributed by atoms with Crippen molar-refractivity contribution < 1.29 is 14.7 Å². The molecule has 4 nitrogen and oxygen atoms in total. The maximum absolute atomic E-state index is 12.9. The fourth-order valence-corrected chi connectivity index (χ4v) is 3.44. The van der Waals surface area contributed by atoms with Gasteiger partial charge < -0.3 is 10.0 Å². The van der Waals surface area contributed by atoms with Gasteiger partial charge in [-0.25, -0.2) is 4.79 Å². The maximum atomic E-state index is 12.9. The second-order valence-corrected chi connectivity index (χ2v) is 6.28. The number of aryl methyl sites for hydroxylation is 1. The van der Waals surface area contributed by atoms with Crippen LogP contribution < -0.4 is 0 Å². The highest BCUT2D eigenvalue weighted by atomic mass is 16.4. The molecule has 124 valence electrons. The van der Waals surface area contributed by atoms with Crippen LogP contribution in [0, 0.1) is 0 Å². The molecule has 0 spiro atoms. The number of likely N-dealkylation sites (N-methyl/N-ethyl adjacent to an activating group) is 1. The van der Waals surface area contributed by atoms with Crippen molar-refractivity contribution in [2.75, 3.05) is 7.05 Å². The second-order valence-electron chi connectivity index (χ2n) is 6.28. The first-order chi connectivity index (χ1) is 11.6. The van der Waals surface area contributed by atoms with Gasteiger partial charge in [0.25, 0.3) is 0 Å². The fraction of sp³-hybridized carbons (Fsp3) is 0.300.